The molecule has 0 radical (unpaired) electrons. The first-order valence-corrected chi connectivity index (χ1v) is 10.2. The summed E-state index contributed by atoms with van der Waals surface area (Å²) < 4.78 is 10.6. The Morgan fingerprint density at radius 2 is 1.93 bits per heavy atom. The molecule has 1 fully saturated rings. The molecule has 152 valence electrons. The Labute approximate surface area is 175 Å². The second-order valence-electron chi connectivity index (χ2n) is 6.56. The fourth-order valence-corrected chi connectivity index (χ4v) is 3.69. The highest BCUT2D eigenvalue weighted by Gasteiger charge is 2.36. The van der Waals surface area contributed by atoms with Gasteiger partial charge in [0.05, 0.1) is 11.7 Å². The van der Waals surface area contributed by atoms with Crippen LogP contribution in [0.4, 0.5) is 5.69 Å². The summed E-state index contributed by atoms with van der Waals surface area (Å²) in [6.07, 6.45) is 4.40. The van der Waals surface area contributed by atoms with Gasteiger partial charge in [0, 0.05) is 37.1 Å². The van der Waals surface area contributed by atoms with E-state index in [1.165, 1.54) is 17.8 Å². The van der Waals surface area contributed by atoms with Gasteiger partial charge < -0.3 is 14.1 Å². The lowest BCUT2D eigenvalue weighted by Crippen LogP contribution is -2.28. The van der Waals surface area contributed by atoms with E-state index in [9.17, 15) is 14.4 Å². The first-order valence-electron chi connectivity index (χ1n) is 9.19. The minimum atomic E-state index is -0.650. The molecule has 4 rings (SSSR count). The molecule has 0 saturated carbocycles. The van der Waals surface area contributed by atoms with Crippen molar-refractivity contribution in [2.45, 2.75) is 17.3 Å². The van der Waals surface area contributed by atoms with Crippen LogP contribution in [0.1, 0.15) is 12.2 Å². The number of esters is 1. The number of amides is 1. The number of ether oxygens (including phenoxy) is 1. The van der Waals surface area contributed by atoms with Crippen LogP contribution in [0.3, 0.4) is 0 Å². The van der Waals surface area contributed by atoms with Crippen molar-refractivity contribution in [3.63, 3.8) is 0 Å². The summed E-state index contributed by atoms with van der Waals surface area (Å²) in [6, 6.07) is 12.1. The lowest BCUT2D eigenvalue weighted by atomic mass is 10.1. The van der Waals surface area contributed by atoms with E-state index in [0.717, 1.165) is 12.0 Å². The molecule has 1 aliphatic heterocycles. The predicted molar refractivity (Wildman–Crippen MR) is 109 cm³/mol. The Morgan fingerprint density at radius 3 is 2.67 bits per heavy atom. The molecule has 1 amide bonds. The minimum absolute atomic E-state index is 0.0326. The summed E-state index contributed by atoms with van der Waals surface area (Å²) in [7, 11) is 0. The first-order chi connectivity index (χ1) is 14.6. The number of benzene rings is 1. The molecule has 3 aromatic rings. The van der Waals surface area contributed by atoms with Crippen LogP contribution < -0.4 is 15.1 Å². The summed E-state index contributed by atoms with van der Waals surface area (Å²) in [5.41, 5.74) is 0.255. The van der Waals surface area contributed by atoms with Crippen molar-refractivity contribution in [3.8, 4) is 5.75 Å². The largest absolute Gasteiger partial charge is 0.464 e. The molecule has 8 nitrogen and oxygen atoms in total. The van der Waals surface area contributed by atoms with E-state index in [2.05, 4.69) is 9.97 Å². The number of aromatic nitrogens is 2. The van der Waals surface area contributed by atoms with Crippen molar-refractivity contribution in [2.24, 2.45) is 5.92 Å². The topological polar surface area (TPSA) is 103 Å². The van der Waals surface area contributed by atoms with Gasteiger partial charge in [-0.25, -0.2) is 9.97 Å². The highest BCUT2D eigenvalue weighted by Crippen LogP contribution is 2.26. The maximum atomic E-state index is 12.5. The number of hydrogen-bond acceptors (Lipinski definition) is 8. The van der Waals surface area contributed by atoms with E-state index in [4.69, 9.17) is 9.15 Å². The van der Waals surface area contributed by atoms with E-state index in [1.807, 2.05) is 18.2 Å². The molecule has 1 atom stereocenters. The van der Waals surface area contributed by atoms with E-state index in [1.54, 1.807) is 35.5 Å². The quantitative estimate of drug-likeness (QED) is 0.339. The molecule has 0 bridgehead atoms. The average Bonchev–Trinajstić information content (AvgIpc) is 3.17. The van der Waals surface area contributed by atoms with Gasteiger partial charge in [-0.3, -0.25) is 14.4 Å². The van der Waals surface area contributed by atoms with Crippen LogP contribution in [0.5, 0.6) is 5.75 Å². The molecule has 1 aliphatic rings. The van der Waals surface area contributed by atoms with Crippen molar-refractivity contribution >= 4 is 29.3 Å². The highest BCUT2D eigenvalue weighted by molar-refractivity contribution is 7.98. The predicted octanol–water partition coefficient (Wildman–Crippen LogP) is 2.68. The standard InChI is InChI=1S/C21H17N3O5S/c25-17-10-16(13-30-21-22-7-4-8-23-21)28-12-18(17)29-20(27)14-9-19(26)24(11-14)15-5-2-1-3-6-15/h1-8,10,12,14H,9,11,13H2. The zero-order chi connectivity index (χ0) is 20.9. The van der Waals surface area contributed by atoms with Crippen LogP contribution in [-0.4, -0.2) is 28.4 Å². The third-order valence-corrected chi connectivity index (χ3v) is 5.37. The first kappa shape index (κ1) is 19.8. The van der Waals surface area contributed by atoms with Gasteiger partial charge in [-0.1, -0.05) is 30.0 Å². The minimum Gasteiger partial charge on any atom is -0.464 e. The number of carbonyl (C=O) groups excluding carboxylic acids is 2. The molecule has 0 N–H and O–H groups in total. The molecule has 3 heterocycles. The van der Waals surface area contributed by atoms with Crippen molar-refractivity contribution in [1.82, 2.24) is 9.97 Å². The third-order valence-electron chi connectivity index (χ3n) is 4.47. The van der Waals surface area contributed by atoms with E-state index < -0.39 is 17.3 Å². The molecule has 1 unspecified atom stereocenters. The van der Waals surface area contributed by atoms with Crippen molar-refractivity contribution in [3.05, 3.63) is 77.1 Å². The number of carbonyl (C=O) groups is 2. The van der Waals surface area contributed by atoms with Gasteiger partial charge in [-0.15, -0.1) is 0 Å². The van der Waals surface area contributed by atoms with Crippen LogP contribution in [0.25, 0.3) is 0 Å². The molecule has 1 saturated heterocycles. The smallest absolute Gasteiger partial charge is 0.316 e. The Morgan fingerprint density at radius 1 is 1.17 bits per heavy atom. The van der Waals surface area contributed by atoms with E-state index in [-0.39, 0.29) is 24.6 Å². The number of para-hydroxylation sites is 1. The van der Waals surface area contributed by atoms with Crippen LogP contribution in [-0.2, 0) is 15.3 Å². The Kier molecular flexibility index (Phi) is 5.89. The number of nitrogens with zero attached hydrogens (tertiary/aromatic N) is 3. The molecule has 1 aromatic carbocycles. The summed E-state index contributed by atoms with van der Waals surface area (Å²) in [6.45, 7) is 0.207. The fourth-order valence-electron chi connectivity index (χ4n) is 3.00. The zero-order valence-corrected chi connectivity index (χ0v) is 16.6. The van der Waals surface area contributed by atoms with Crippen LogP contribution >= 0.6 is 11.8 Å². The molecule has 2 aromatic heterocycles. The van der Waals surface area contributed by atoms with Gasteiger partial charge in [0.2, 0.25) is 17.1 Å². The molecular formula is C21H17N3O5S. The van der Waals surface area contributed by atoms with Gasteiger partial charge in [0.25, 0.3) is 0 Å². The Hall–Kier alpha value is -3.46. The van der Waals surface area contributed by atoms with Crippen molar-refractivity contribution in [2.75, 3.05) is 11.4 Å². The van der Waals surface area contributed by atoms with Gasteiger partial charge in [0.1, 0.15) is 12.0 Å². The third kappa shape index (κ3) is 4.57. The van der Waals surface area contributed by atoms with Gasteiger partial charge in [-0.2, -0.15) is 0 Å². The molecule has 0 aliphatic carbocycles. The maximum absolute atomic E-state index is 12.5. The number of rotatable bonds is 6. The fraction of sp³-hybridized carbons (Fsp3) is 0.190. The second-order valence-corrected chi connectivity index (χ2v) is 7.50. The summed E-state index contributed by atoms with van der Waals surface area (Å²) in [4.78, 5) is 46.8. The monoisotopic (exact) mass is 423 g/mol. The lowest BCUT2D eigenvalue weighted by Gasteiger charge is -2.16. The van der Waals surface area contributed by atoms with E-state index in [0.29, 0.717) is 16.7 Å². The highest BCUT2D eigenvalue weighted by atomic mass is 32.2. The summed E-state index contributed by atoms with van der Waals surface area (Å²) in [5, 5.41) is 0.560. The van der Waals surface area contributed by atoms with Crippen LogP contribution in [0.2, 0.25) is 0 Å². The van der Waals surface area contributed by atoms with Crippen molar-refractivity contribution < 1.29 is 18.7 Å². The average molecular weight is 423 g/mol. The van der Waals surface area contributed by atoms with Crippen LogP contribution in [0, 0.1) is 5.92 Å². The molecular weight excluding hydrogens is 406 g/mol. The van der Waals surface area contributed by atoms with Crippen molar-refractivity contribution in [1.29, 1.82) is 0 Å². The SMILES string of the molecule is O=C(Oc1coc(CSc2ncccn2)cc1=O)C1CC(=O)N(c2ccccc2)C1. The van der Waals surface area contributed by atoms with Gasteiger partial charge in [-0.05, 0) is 18.2 Å². The van der Waals surface area contributed by atoms with Gasteiger partial charge >= 0.3 is 5.97 Å². The zero-order valence-electron chi connectivity index (χ0n) is 15.8. The Bertz CT molecular complexity index is 1100. The molecule has 0 spiro atoms. The van der Waals surface area contributed by atoms with Crippen LogP contribution in [0.15, 0.2) is 75.5 Å². The number of thioether (sulfide) groups is 1. The Balaban J connectivity index is 1.37. The van der Waals surface area contributed by atoms with Gasteiger partial charge in [0.15, 0.2) is 5.16 Å². The summed E-state index contributed by atoms with van der Waals surface area (Å²) >= 11 is 1.32. The normalized spacial score (nSPS) is 15.9. The maximum Gasteiger partial charge on any atom is 0.316 e. The molecule has 30 heavy (non-hydrogen) atoms. The number of hydrogen-bond donors (Lipinski definition) is 0. The molecule has 9 heteroatoms. The lowest BCUT2D eigenvalue weighted by molar-refractivity contribution is -0.139. The van der Waals surface area contributed by atoms with E-state index >= 15 is 0 Å². The second kappa shape index (κ2) is 8.91. The number of anilines is 1. The summed E-state index contributed by atoms with van der Waals surface area (Å²) in [5.74, 6) is -0.877.